The lowest BCUT2D eigenvalue weighted by molar-refractivity contribution is 0.487. The molecule has 0 atom stereocenters. The summed E-state index contributed by atoms with van der Waals surface area (Å²) in [6.07, 6.45) is 1.62. The normalized spacial score (nSPS) is 10.8. The van der Waals surface area contributed by atoms with Gasteiger partial charge in [0.2, 0.25) is 0 Å². The van der Waals surface area contributed by atoms with Gasteiger partial charge in [0.25, 0.3) is 0 Å². The van der Waals surface area contributed by atoms with Crippen LogP contribution in [0.5, 0.6) is 11.5 Å². The Morgan fingerprint density at radius 2 is 1.85 bits per heavy atom. The summed E-state index contributed by atoms with van der Waals surface area (Å²) < 4.78 is 6.75. The van der Waals surface area contributed by atoms with Gasteiger partial charge in [-0.3, -0.25) is 4.98 Å². The van der Waals surface area contributed by atoms with E-state index in [1.807, 2.05) is 49.4 Å². The molecule has 0 unspecified atom stereocenters. The highest BCUT2D eigenvalue weighted by atomic mass is 79.9. The third-order valence-electron chi connectivity index (χ3n) is 3.00. The van der Waals surface area contributed by atoms with Crippen molar-refractivity contribution in [3.05, 3.63) is 63.7 Å². The van der Waals surface area contributed by atoms with Crippen molar-refractivity contribution in [2.24, 2.45) is 0 Å². The molecule has 0 bridgehead atoms. The Hall–Kier alpha value is -1.58. The average molecular weight is 349 g/mol. The number of pyridine rings is 1. The number of hydrogen-bond acceptors (Lipinski definition) is 2. The van der Waals surface area contributed by atoms with E-state index in [0.717, 1.165) is 21.1 Å². The molecule has 0 N–H and O–H groups in total. The minimum atomic E-state index is 0.588. The SMILES string of the molecule is Cc1ccc(Oc2cccc3c(Br)c(Cl)cnc23)cc1. The molecular formula is C16H11BrClNO. The quantitative estimate of drug-likeness (QED) is 0.588. The van der Waals surface area contributed by atoms with E-state index in [1.165, 1.54) is 5.56 Å². The molecular weight excluding hydrogens is 338 g/mol. The van der Waals surface area contributed by atoms with Crippen LogP contribution in [0.15, 0.2) is 53.1 Å². The first kappa shape index (κ1) is 13.4. The summed E-state index contributed by atoms with van der Waals surface area (Å²) in [5.41, 5.74) is 1.98. The first-order valence-electron chi connectivity index (χ1n) is 6.12. The minimum Gasteiger partial charge on any atom is -0.455 e. The van der Waals surface area contributed by atoms with E-state index >= 15 is 0 Å². The van der Waals surface area contributed by atoms with Crippen molar-refractivity contribution in [1.82, 2.24) is 4.98 Å². The van der Waals surface area contributed by atoms with E-state index in [4.69, 9.17) is 16.3 Å². The second kappa shape index (κ2) is 5.43. The van der Waals surface area contributed by atoms with Gasteiger partial charge >= 0.3 is 0 Å². The van der Waals surface area contributed by atoms with Crippen LogP contribution in [0.3, 0.4) is 0 Å². The first-order valence-corrected chi connectivity index (χ1v) is 7.29. The number of halogens is 2. The molecule has 0 spiro atoms. The maximum atomic E-state index is 6.07. The van der Waals surface area contributed by atoms with Gasteiger partial charge in [-0.2, -0.15) is 0 Å². The molecule has 3 aromatic rings. The van der Waals surface area contributed by atoms with Crippen molar-refractivity contribution in [3.63, 3.8) is 0 Å². The molecule has 0 aliphatic rings. The van der Waals surface area contributed by atoms with Crippen molar-refractivity contribution in [1.29, 1.82) is 0 Å². The molecule has 3 rings (SSSR count). The molecule has 0 aliphatic carbocycles. The fourth-order valence-corrected chi connectivity index (χ4v) is 2.53. The van der Waals surface area contributed by atoms with E-state index in [2.05, 4.69) is 20.9 Å². The van der Waals surface area contributed by atoms with Gasteiger partial charge in [0, 0.05) is 16.1 Å². The predicted octanol–water partition coefficient (Wildman–Crippen LogP) is 5.75. The fraction of sp³-hybridized carbons (Fsp3) is 0.0625. The summed E-state index contributed by atoms with van der Waals surface area (Å²) in [6, 6.07) is 13.7. The van der Waals surface area contributed by atoms with E-state index < -0.39 is 0 Å². The molecule has 20 heavy (non-hydrogen) atoms. The molecule has 0 aliphatic heterocycles. The molecule has 1 aromatic heterocycles. The molecule has 0 saturated carbocycles. The van der Waals surface area contributed by atoms with Crippen LogP contribution in [0.25, 0.3) is 10.9 Å². The number of fused-ring (bicyclic) bond motifs is 1. The number of hydrogen-bond donors (Lipinski definition) is 0. The molecule has 4 heteroatoms. The predicted molar refractivity (Wildman–Crippen MR) is 85.7 cm³/mol. The molecule has 1 heterocycles. The van der Waals surface area contributed by atoms with Crippen LogP contribution < -0.4 is 4.74 Å². The van der Waals surface area contributed by atoms with E-state index in [9.17, 15) is 0 Å². The lowest BCUT2D eigenvalue weighted by Gasteiger charge is -2.09. The second-order valence-electron chi connectivity index (χ2n) is 4.49. The molecule has 0 amide bonds. The van der Waals surface area contributed by atoms with Gasteiger partial charge < -0.3 is 4.74 Å². The highest BCUT2D eigenvalue weighted by molar-refractivity contribution is 9.10. The Kier molecular flexibility index (Phi) is 3.64. The number of para-hydroxylation sites is 1. The van der Waals surface area contributed by atoms with Crippen LogP contribution in [-0.2, 0) is 0 Å². The summed E-state index contributed by atoms with van der Waals surface area (Å²) in [5, 5.41) is 1.52. The molecule has 2 nitrogen and oxygen atoms in total. The minimum absolute atomic E-state index is 0.588. The van der Waals surface area contributed by atoms with Gasteiger partial charge in [-0.05, 0) is 41.1 Å². The van der Waals surface area contributed by atoms with Crippen LogP contribution in [0.4, 0.5) is 0 Å². The van der Waals surface area contributed by atoms with Crippen molar-refractivity contribution in [2.45, 2.75) is 6.92 Å². The molecule has 0 saturated heterocycles. The Morgan fingerprint density at radius 3 is 2.60 bits per heavy atom. The number of aromatic nitrogens is 1. The third kappa shape index (κ3) is 2.51. The lowest BCUT2D eigenvalue weighted by atomic mass is 10.2. The number of benzene rings is 2. The zero-order valence-corrected chi connectivity index (χ0v) is 13.1. The molecule has 0 fully saturated rings. The summed E-state index contributed by atoms with van der Waals surface area (Å²) in [6.45, 7) is 2.04. The Labute approximate surface area is 130 Å². The molecule has 0 radical (unpaired) electrons. The standard InChI is InChI=1S/C16H11BrClNO/c1-10-5-7-11(8-6-10)20-14-4-2-3-12-15(17)13(18)9-19-16(12)14/h2-9H,1H3. The smallest absolute Gasteiger partial charge is 0.153 e. The topological polar surface area (TPSA) is 22.1 Å². The highest BCUT2D eigenvalue weighted by Gasteiger charge is 2.09. The van der Waals surface area contributed by atoms with Crippen LogP contribution in [0.2, 0.25) is 5.02 Å². The van der Waals surface area contributed by atoms with Gasteiger partial charge in [-0.25, -0.2) is 0 Å². The van der Waals surface area contributed by atoms with Gasteiger partial charge in [-0.1, -0.05) is 41.4 Å². The lowest BCUT2D eigenvalue weighted by Crippen LogP contribution is -1.89. The molecule has 2 aromatic carbocycles. The molecule has 100 valence electrons. The van der Waals surface area contributed by atoms with Gasteiger partial charge in [0.05, 0.1) is 5.02 Å². The summed E-state index contributed by atoms with van der Waals surface area (Å²) in [5.74, 6) is 1.50. The van der Waals surface area contributed by atoms with Gasteiger partial charge in [0.15, 0.2) is 5.75 Å². The van der Waals surface area contributed by atoms with E-state index in [1.54, 1.807) is 6.20 Å². The second-order valence-corrected chi connectivity index (χ2v) is 5.69. The Bertz CT molecular complexity index is 771. The monoisotopic (exact) mass is 347 g/mol. The largest absolute Gasteiger partial charge is 0.455 e. The van der Waals surface area contributed by atoms with Crippen molar-refractivity contribution in [2.75, 3.05) is 0 Å². The maximum absolute atomic E-state index is 6.07. The number of nitrogens with zero attached hydrogens (tertiary/aromatic N) is 1. The summed E-state index contributed by atoms with van der Waals surface area (Å²) in [4.78, 5) is 4.37. The number of ether oxygens (including phenoxy) is 1. The van der Waals surface area contributed by atoms with Crippen molar-refractivity contribution < 1.29 is 4.74 Å². The zero-order valence-electron chi connectivity index (χ0n) is 10.7. The van der Waals surface area contributed by atoms with E-state index in [-0.39, 0.29) is 0 Å². The maximum Gasteiger partial charge on any atom is 0.153 e. The Balaban J connectivity index is 2.08. The van der Waals surface area contributed by atoms with Crippen molar-refractivity contribution in [3.8, 4) is 11.5 Å². The summed E-state index contributed by atoms with van der Waals surface area (Å²) in [7, 11) is 0. The van der Waals surface area contributed by atoms with E-state index in [0.29, 0.717) is 10.8 Å². The van der Waals surface area contributed by atoms with Crippen LogP contribution in [-0.4, -0.2) is 4.98 Å². The van der Waals surface area contributed by atoms with Gasteiger partial charge in [0.1, 0.15) is 11.3 Å². The number of aryl methyl sites for hydroxylation is 1. The van der Waals surface area contributed by atoms with Crippen molar-refractivity contribution >= 4 is 38.4 Å². The fourth-order valence-electron chi connectivity index (χ4n) is 1.95. The van der Waals surface area contributed by atoms with Crippen LogP contribution >= 0.6 is 27.5 Å². The highest BCUT2D eigenvalue weighted by Crippen LogP contribution is 2.35. The van der Waals surface area contributed by atoms with Crippen LogP contribution in [0, 0.1) is 6.92 Å². The Morgan fingerprint density at radius 1 is 1.10 bits per heavy atom. The third-order valence-corrected chi connectivity index (χ3v) is 4.37. The zero-order chi connectivity index (χ0) is 14.1. The summed E-state index contributed by atoms with van der Waals surface area (Å²) >= 11 is 9.55. The van der Waals surface area contributed by atoms with Crippen LogP contribution in [0.1, 0.15) is 5.56 Å². The average Bonchev–Trinajstić information content (AvgIpc) is 2.46. The number of rotatable bonds is 2. The first-order chi connectivity index (χ1) is 9.65. The van der Waals surface area contributed by atoms with Gasteiger partial charge in [-0.15, -0.1) is 0 Å².